The van der Waals surface area contributed by atoms with E-state index in [1.807, 2.05) is 19.1 Å². The molecule has 0 heterocycles. The van der Waals surface area contributed by atoms with Crippen molar-refractivity contribution in [1.82, 2.24) is 0 Å². The summed E-state index contributed by atoms with van der Waals surface area (Å²) in [6.07, 6.45) is -1.33. The fourth-order valence-corrected chi connectivity index (χ4v) is 3.23. The van der Waals surface area contributed by atoms with Crippen molar-refractivity contribution >= 4 is 17.6 Å². The molecule has 116 valence electrons. The molecule has 0 N–H and O–H groups in total. The van der Waals surface area contributed by atoms with Crippen LogP contribution in [0.2, 0.25) is 0 Å². The number of halogens is 3. The van der Waals surface area contributed by atoms with Gasteiger partial charge >= 0.3 is 6.18 Å². The highest BCUT2D eigenvalue weighted by Gasteiger charge is 2.41. The number of hydrogen-bond acceptors (Lipinski definition) is 2. The molecule has 0 radical (unpaired) electrons. The molecule has 0 amide bonds. The molecule has 1 aliphatic carbocycles. The van der Waals surface area contributed by atoms with Gasteiger partial charge in [-0.1, -0.05) is 22.1 Å². The van der Waals surface area contributed by atoms with E-state index in [-0.39, 0.29) is 18.8 Å². The third-order valence-corrected chi connectivity index (χ3v) is 4.81. The molecule has 1 fully saturated rings. The second-order valence-electron chi connectivity index (χ2n) is 5.47. The highest BCUT2D eigenvalue weighted by atomic mass is 32.2. The number of alkyl halides is 3. The molecule has 1 aromatic carbocycles. The van der Waals surface area contributed by atoms with Crippen molar-refractivity contribution < 1.29 is 17.7 Å². The monoisotopic (exact) mass is 317 g/mol. The van der Waals surface area contributed by atoms with E-state index in [0.29, 0.717) is 17.7 Å². The van der Waals surface area contributed by atoms with Crippen molar-refractivity contribution in [3.05, 3.63) is 29.8 Å². The summed E-state index contributed by atoms with van der Waals surface area (Å²) in [5.41, 5.74) is 1.07. The van der Waals surface area contributed by atoms with E-state index in [1.54, 1.807) is 18.3 Å². The summed E-state index contributed by atoms with van der Waals surface area (Å²) in [7, 11) is 0. The summed E-state index contributed by atoms with van der Waals surface area (Å²) in [6.45, 7) is 1.94. The average Bonchev–Trinajstić information content (AvgIpc) is 2.45. The molecule has 2 nitrogen and oxygen atoms in total. The van der Waals surface area contributed by atoms with Gasteiger partial charge in [-0.15, -0.1) is 0 Å². The standard InChI is InChI=1S/C15H18F3NOS/c1-11-2-8-14(9-3-11)21(20)19-10-12-4-6-13(7-5-12)15(16,17)18/h2-3,8-10,12-13H,4-7H2,1H3/b19-10+/t12?,13?,21-/m0/s1. The maximum atomic E-state index is 12.6. The van der Waals surface area contributed by atoms with Gasteiger partial charge in [0.1, 0.15) is 11.4 Å². The molecular weight excluding hydrogens is 299 g/mol. The molecular formula is C15H18F3NOS. The Kier molecular flexibility index (Phi) is 5.32. The molecule has 0 aliphatic heterocycles. The lowest BCUT2D eigenvalue weighted by Gasteiger charge is -2.27. The first-order valence-electron chi connectivity index (χ1n) is 6.95. The summed E-state index contributed by atoms with van der Waals surface area (Å²) in [4.78, 5) is 0.612. The minimum atomic E-state index is -4.09. The van der Waals surface area contributed by atoms with Gasteiger partial charge in [0.15, 0.2) is 4.90 Å². The van der Waals surface area contributed by atoms with E-state index < -0.39 is 23.5 Å². The van der Waals surface area contributed by atoms with Crippen LogP contribution in [0.1, 0.15) is 31.2 Å². The summed E-state index contributed by atoms with van der Waals surface area (Å²) in [5.74, 6) is -1.19. The minimum Gasteiger partial charge on any atom is -0.586 e. The van der Waals surface area contributed by atoms with Crippen LogP contribution in [0.15, 0.2) is 33.6 Å². The average molecular weight is 317 g/mol. The maximum Gasteiger partial charge on any atom is 0.391 e. The summed E-state index contributed by atoms with van der Waals surface area (Å²) in [5, 5.41) is 0. The van der Waals surface area contributed by atoms with Gasteiger partial charge in [-0.05, 0) is 50.7 Å². The molecule has 1 aliphatic rings. The number of nitrogens with zero attached hydrogens (tertiary/aromatic N) is 1. The van der Waals surface area contributed by atoms with Gasteiger partial charge in [-0.25, -0.2) is 0 Å². The fraction of sp³-hybridized carbons (Fsp3) is 0.533. The van der Waals surface area contributed by atoms with Crippen LogP contribution in [0.3, 0.4) is 0 Å². The summed E-state index contributed by atoms with van der Waals surface area (Å²) < 4.78 is 53.6. The first-order chi connectivity index (χ1) is 9.86. The molecule has 6 heteroatoms. The molecule has 1 aromatic rings. The second kappa shape index (κ2) is 6.83. The Hall–Kier alpha value is -1.01. The second-order valence-corrected chi connectivity index (χ2v) is 6.65. The summed E-state index contributed by atoms with van der Waals surface area (Å²) in [6, 6.07) is 7.22. The van der Waals surface area contributed by atoms with Gasteiger partial charge in [0.2, 0.25) is 0 Å². The quantitative estimate of drug-likeness (QED) is 0.599. The molecule has 1 saturated carbocycles. The van der Waals surface area contributed by atoms with Crippen molar-refractivity contribution in [2.24, 2.45) is 16.2 Å². The van der Waals surface area contributed by atoms with E-state index in [9.17, 15) is 17.7 Å². The van der Waals surface area contributed by atoms with E-state index in [2.05, 4.69) is 4.40 Å². The molecule has 21 heavy (non-hydrogen) atoms. The Balaban J connectivity index is 1.86. The molecule has 1 atom stereocenters. The number of hydrogen-bond donors (Lipinski definition) is 0. The highest BCUT2D eigenvalue weighted by molar-refractivity contribution is 7.90. The van der Waals surface area contributed by atoms with Gasteiger partial charge in [0.25, 0.3) is 0 Å². The van der Waals surface area contributed by atoms with Crippen molar-refractivity contribution in [2.45, 2.75) is 43.7 Å². The zero-order valence-electron chi connectivity index (χ0n) is 11.8. The van der Waals surface area contributed by atoms with Crippen molar-refractivity contribution in [3.8, 4) is 0 Å². The van der Waals surface area contributed by atoms with Gasteiger partial charge in [-0.3, -0.25) is 0 Å². The number of benzene rings is 1. The number of aryl methyl sites for hydroxylation is 1. The van der Waals surface area contributed by atoms with Crippen LogP contribution < -0.4 is 0 Å². The molecule has 2 rings (SSSR count). The van der Waals surface area contributed by atoms with Crippen molar-refractivity contribution in [1.29, 1.82) is 0 Å². The maximum absolute atomic E-state index is 12.6. The molecule has 0 aromatic heterocycles. The SMILES string of the molecule is Cc1ccc([S@+]([O-])/N=C/C2CCC(C(F)(F)F)CC2)cc1. The van der Waals surface area contributed by atoms with Crippen LogP contribution in [0.5, 0.6) is 0 Å². The lowest BCUT2D eigenvalue weighted by atomic mass is 9.82. The lowest BCUT2D eigenvalue weighted by molar-refractivity contribution is -0.182. The third kappa shape index (κ3) is 4.74. The van der Waals surface area contributed by atoms with E-state index in [4.69, 9.17) is 0 Å². The first-order valence-corrected chi connectivity index (χ1v) is 8.06. The largest absolute Gasteiger partial charge is 0.586 e. The van der Waals surface area contributed by atoms with E-state index >= 15 is 0 Å². The predicted molar refractivity (Wildman–Crippen MR) is 77.6 cm³/mol. The third-order valence-electron chi connectivity index (χ3n) is 3.82. The van der Waals surface area contributed by atoms with E-state index in [0.717, 1.165) is 5.56 Å². The lowest BCUT2D eigenvalue weighted by Crippen LogP contribution is -2.28. The Morgan fingerprint density at radius 1 is 1.14 bits per heavy atom. The van der Waals surface area contributed by atoms with Crippen molar-refractivity contribution in [3.63, 3.8) is 0 Å². The van der Waals surface area contributed by atoms with E-state index in [1.165, 1.54) is 0 Å². The number of rotatable bonds is 3. The summed E-state index contributed by atoms with van der Waals surface area (Å²) >= 11 is -1.47. The van der Waals surface area contributed by atoms with Gasteiger partial charge in [-0.2, -0.15) is 13.2 Å². The molecule has 0 spiro atoms. The van der Waals surface area contributed by atoms with Crippen LogP contribution in [-0.2, 0) is 11.4 Å². The molecule has 0 bridgehead atoms. The highest BCUT2D eigenvalue weighted by Crippen LogP contribution is 2.39. The Labute approximate surface area is 125 Å². The topological polar surface area (TPSA) is 35.4 Å². The Morgan fingerprint density at radius 3 is 2.24 bits per heavy atom. The zero-order valence-corrected chi connectivity index (χ0v) is 12.6. The predicted octanol–water partition coefficient (Wildman–Crippen LogP) is 4.46. The minimum absolute atomic E-state index is 0.00185. The van der Waals surface area contributed by atoms with Gasteiger partial charge in [0, 0.05) is 0 Å². The van der Waals surface area contributed by atoms with Crippen LogP contribution >= 0.6 is 0 Å². The zero-order chi connectivity index (χ0) is 15.5. The smallest absolute Gasteiger partial charge is 0.391 e. The van der Waals surface area contributed by atoms with Crippen LogP contribution in [0, 0.1) is 18.8 Å². The van der Waals surface area contributed by atoms with Crippen LogP contribution in [-0.4, -0.2) is 16.9 Å². The Morgan fingerprint density at radius 2 is 1.71 bits per heavy atom. The van der Waals surface area contributed by atoms with Crippen molar-refractivity contribution in [2.75, 3.05) is 0 Å². The van der Waals surface area contributed by atoms with Crippen LogP contribution in [0.25, 0.3) is 0 Å². The van der Waals surface area contributed by atoms with Gasteiger partial charge in [0.05, 0.1) is 12.1 Å². The van der Waals surface area contributed by atoms with Gasteiger partial charge < -0.3 is 4.55 Å². The molecule has 0 saturated heterocycles. The van der Waals surface area contributed by atoms with Crippen LogP contribution in [0.4, 0.5) is 13.2 Å². The first kappa shape index (κ1) is 16.4. The fourth-order valence-electron chi connectivity index (χ4n) is 2.45. The Bertz CT molecular complexity index is 479. The molecule has 0 unspecified atom stereocenters. The normalized spacial score (nSPS) is 25.2.